The molecule has 4 rings (SSSR count). The van der Waals surface area contributed by atoms with Gasteiger partial charge in [-0.2, -0.15) is 0 Å². The molecule has 0 aromatic heterocycles. The molecule has 3 aromatic rings. The van der Waals surface area contributed by atoms with Gasteiger partial charge in [-0.05, 0) is 79.5 Å². The number of carbonyl (C=O) groups excluding carboxylic acids is 1. The number of carbonyl (C=O) groups is 1. The van der Waals surface area contributed by atoms with Crippen molar-refractivity contribution in [3.8, 4) is 5.75 Å². The summed E-state index contributed by atoms with van der Waals surface area (Å²) in [7, 11) is 0. The molecule has 3 aromatic carbocycles. The van der Waals surface area contributed by atoms with Gasteiger partial charge in [0, 0.05) is 37.4 Å². The van der Waals surface area contributed by atoms with E-state index in [1.165, 1.54) is 6.07 Å². The predicted molar refractivity (Wildman–Crippen MR) is 129 cm³/mol. The summed E-state index contributed by atoms with van der Waals surface area (Å²) < 4.78 is 13.8. The van der Waals surface area contributed by atoms with Crippen LogP contribution in [0.15, 0.2) is 66.7 Å². The lowest BCUT2D eigenvalue weighted by atomic mass is 10.1. The van der Waals surface area contributed by atoms with E-state index in [1.807, 2.05) is 36.4 Å². The number of aryl methyl sites for hydroxylation is 1. The van der Waals surface area contributed by atoms with E-state index in [2.05, 4.69) is 15.1 Å². The Labute approximate surface area is 194 Å². The quantitative estimate of drug-likeness (QED) is 0.570. The van der Waals surface area contributed by atoms with Gasteiger partial charge in [-0.15, -0.1) is 0 Å². The van der Waals surface area contributed by atoms with Gasteiger partial charge in [0.05, 0.1) is 0 Å². The number of anilines is 1. The van der Waals surface area contributed by atoms with Gasteiger partial charge in [0.2, 0.25) is 0 Å². The summed E-state index contributed by atoms with van der Waals surface area (Å²) in [6.45, 7) is 7.21. The highest BCUT2D eigenvalue weighted by Gasteiger charge is 2.16. The van der Waals surface area contributed by atoms with Crippen molar-refractivity contribution in [2.75, 3.05) is 31.5 Å². The third-order valence-corrected chi connectivity index (χ3v) is 6.02. The zero-order chi connectivity index (χ0) is 23.2. The van der Waals surface area contributed by atoms with Crippen LogP contribution in [0.3, 0.4) is 0 Å². The summed E-state index contributed by atoms with van der Waals surface area (Å²) in [5.74, 6) is -0.269. The number of benzene rings is 3. The molecular formula is C27H30FN3O2. The number of nitrogens with zero attached hydrogens (tertiary/aromatic N) is 2. The standard InChI is InChI=1S/C27H30FN3O2/c1-20-9-10-24(17-26(20)28)29-27(33)23-7-2-5-21(15-23)18-30-11-4-12-31(14-13-30)19-22-6-3-8-25(32)16-22/h2-3,5-10,15-17,32H,4,11-14,18-19H2,1H3,(H,29,33). The minimum atomic E-state index is -0.333. The summed E-state index contributed by atoms with van der Waals surface area (Å²) in [4.78, 5) is 17.5. The highest BCUT2D eigenvalue weighted by atomic mass is 19.1. The van der Waals surface area contributed by atoms with Crippen LogP contribution >= 0.6 is 0 Å². The number of hydrogen-bond acceptors (Lipinski definition) is 4. The summed E-state index contributed by atoms with van der Waals surface area (Å²) in [5.41, 5.74) is 3.77. The maximum Gasteiger partial charge on any atom is 0.255 e. The third kappa shape index (κ3) is 6.40. The van der Waals surface area contributed by atoms with Crippen molar-refractivity contribution in [2.24, 2.45) is 0 Å². The first-order valence-corrected chi connectivity index (χ1v) is 11.4. The summed E-state index contributed by atoms with van der Waals surface area (Å²) in [6, 6.07) is 19.8. The second-order valence-electron chi connectivity index (χ2n) is 8.69. The molecule has 0 aliphatic carbocycles. The highest BCUT2D eigenvalue weighted by Crippen LogP contribution is 2.18. The molecular weight excluding hydrogens is 417 g/mol. The zero-order valence-corrected chi connectivity index (χ0v) is 18.9. The van der Waals surface area contributed by atoms with Crippen LogP contribution in [0.2, 0.25) is 0 Å². The maximum atomic E-state index is 13.8. The predicted octanol–water partition coefficient (Wildman–Crippen LogP) is 4.80. The summed E-state index contributed by atoms with van der Waals surface area (Å²) in [6.07, 6.45) is 1.07. The van der Waals surface area contributed by atoms with Crippen molar-refractivity contribution >= 4 is 11.6 Å². The number of phenols is 1. The minimum Gasteiger partial charge on any atom is -0.508 e. The summed E-state index contributed by atoms with van der Waals surface area (Å²) >= 11 is 0. The Hall–Kier alpha value is -3.22. The average molecular weight is 448 g/mol. The number of phenolic OH excluding ortho intramolecular Hbond substituents is 1. The molecule has 1 saturated heterocycles. The Balaban J connectivity index is 1.34. The van der Waals surface area contributed by atoms with E-state index in [4.69, 9.17) is 0 Å². The molecule has 1 fully saturated rings. The van der Waals surface area contributed by atoms with Gasteiger partial charge in [-0.25, -0.2) is 4.39 Å². The molecule has 0 bridgehead atoms. The number of hydrogen-bond donors (Lipinski definition) is 2. The fourth-order valence-electron chi connectivity index (χ4n) is 4.20. The Morgan fingerprint density at radius 3 is 2.24 bits per heavy atom. The number of amides is 1. The largest absolute Gasteiger partial charge is 0.508 e. The monoisotopic (exact) mass is 447 g/mol. The molecule has 172 valence electrons. The molecule has 33 heavy (non-hydrogen) atoms. The van der Waals surface area contributed by atoms with Crippen LogP contribution in [0, 0.1) is 12.7 Å². The lowest BCUT2D eigenvalue weighted by Crippen LogP contribution is -2.30. The molecule has 1 heterocycles. The zero-order valence-electron chi connectivity index (χ0n) is 18.9. The fourth-order valence-corrected chi connectivity index (χ4v) is 4.20. The van der Waals surface area contributed by atoms with Gasteiger partial charge in [-0.1, -0.05) is 30.3 Å². The lowest BCUT2D eigenvalue weighted by molar-refractivity contribution is 0.102. The molecule has 6 heteroatoms. The van der Waals surface area contributed by atoms with Gasteiger partial charge in [0.15, 0.2) is 0 Å². The fraction of sp³-hybridized carbons (Fsp3) is 0.296. The second-order valence-corrected chi connectivity index (χ2v) is 8.69. The SMILES string of the molecule is Cc1ccc(NC(=O)c2cccc(CN3CCCN(Cc4cccc(O)c4)CC3)c2)cc1F. The van der Waals surface area contributed by atoms with E-state index < -0.39 is 0 Å². The minimum absolute atomic E-state index is 0.242. The number of rotatable bonds is 6. The molecule has 0 saturated carbocycles. The Bertz CT molecular complexity index is 1120. The molecule has 1 amide bonds. The molecule has 0 spiro atoms. The van der Waals surface area contributed by atoms with E-state index in [0.717, 1.165) is 56.8 Å². The summed E-state index contributed by atoms with van der Waals surface area (Å²) in [5, 5.41) is 12.5. The van der Waals surface area contributed by atoms with Gasteiger partial charge in [-0.3, -0.25) is 14.6 Å². The van der Waals surface area contributed by atoms with Crippen LogP contribution < -0.4 is 5.32 Å². The van der Waals surface area contributed by atoms with Crippen molar-refractivity contribution in [2.45, 2.75) is 26.4 Å². The van der Waals surface area contributed by atoms with Crippen LogP contribution in [0.1, 0.15) is 33.5 Å². The number of nitrogens with one attached hydrogen (secondary N) is 1. The van der Waals surface area contributed by atoms with Crippen LogP contribution in [-0.2, 0) is 13.1 Å². The van der Waals surface area contributed by atoms with Crippen molar-refractivity contribution in [3.05, 3.63) is 94.8 Å². The van der Waals surface area contributed by atoms with Crippen molar-refractivity contribution in [1.82, 2.24) is 9.80 Å². The Morgan fingerprint density at radius 1 is 0.909 bits per heavy atom. The van der Waals surface area contributed by atoms with Crippen LogP contribution in [0.5, 0.6) is 5.75 Å². The normalized spacial score (nSPS) is 15.2. The average Bonchev–Trinajstić information content (AvgIpc) is 3.01. The van der Waals surface area contributed by atoms with E-state index in [-0.39, 0.29) is 11.7 Å². The van der Waals surface area contributed by atoms with Gasteiger partial charge >= 0.3 is 0 Å². The second kappa shape index (κ2) is 10.6. The van der Waals surface area contributed by atoms with Crippen LogP contribution in [-0.4, -0.2) is 47.0 Å². The smallest absolute Gasteiger partial charge is 0.255 e. The third-order valence-electron chi connectivity index (χ3n) is 6.02. The van der Waals surface area contributed by atoms with Crippen LogP contribution in [0.4, 0.5) is 10.1 Å². The first-order chi connectivity index (χ1) is 16.0. The van der Waals surface area contributed by atoms with Gasteiger partial charge in [0.1, 0.15) is 11.6 Å². The molecule has 2 N–H and O–H groups in total. The Morgan fingerprint density at radius 2 is 1.58 bits per heavy atom. The molecule has 1 aliphatic rings. The molecule has 0 atom stereocenters. The van der Waals surface area contributed by atoms with E-state index in [0.29, 0.717) is 22.6 Å². The van der Waals surface area contributed by atoms with E-state index in [1.54, 1.807) is 31.2 Å². The van der Waals surface area contributed by atoms with Gasteiger partial charge in [0.25, 0.3) is 5.91 Å². The van der Waals surface area contributed by atoms with Crippen molar-refractivity contribution in [3.63, 3.8) is 0 Å². The first kappa shape index (κ1) is 23.0. The van der Waals surface area contributed by atoms with Gasteiger partial charge < -0.3 is 10.4 Å². The molecule has 1 aliphatic heterocycles. The number of aromatic hydroxyl groups is 1. The number of halogens is 1. The first-order valence-electron chi connectivity index (χ1n) is 11.4. The van der Waals surface area contributed by atoms with E-state index in [9.17, 15) is 14.3 Å². The van der Waals surface area contributed by atoms with Crippen LogP contribution in [0.25, 0.3) is 0 Å². The van der Waals surface area contributed by atoms with Crippen molar-refractivity contribution in [1.29, 1.82) is 0 Å². The molecule has 5 nitrogen and oxygen atoms in total. The topological polar surface area (TPSA) is 55.8 Å². The highest BCUT2D eigenvalue weighted by molar-refractivity contribution is 6.04. The molecule has 0 unspecified atom stereocenters. The van der Waals surface area contributed by atoms with Crippen molar-refractivity contribution < 1.29 is 14.3 Å². The lowest BCUT2D eigenvalue weighted by Gasteiger charge is -2.22. The maximum absolute atomic E-state index is 13.8. The Kier molecular flexibility index (Phi) is 7.37. The van der Waals surface area contributed by atoms with E-state index >= 15 is 0 Å². The molecule has 0 radical (unpaired) electrons.